The fraction of sp³-hybridized carbons (Fsp3) is 0.519. The maximum Gasteiger partial charge on any atom is 0.311 e. The highest BCUT2D eigenvalue weighted by molar-refractivity contribution is 8.02. The summed E-state index contributed by atoms with van der Waals surface area (Å²) in [6.07, 6.45) is 11.0. The number of cyclic esters (lactones) is 1. The van der Waals surface area contributed by atoms with Crippen molar-refractivity contribution in [3.05, 3.63) is 48.6 Å². The van der Waals surface area contributed by atoms with E-state index in [4.69, 9.17) is 4.74 Å². The molecule has 1 spiro atoms. The van der Waals surface area contributed by atoms with Crippen LogP contribution in [0, 0.1) is 11.8 Å². The summed E-state index contributed by atoms with van der Waals surface area (Å²) in [6.45, 7) is 0.997. The monoisotopic (exact) mass is 537 g/mol. The molecule has 5 atom stereocenters. The van der Waals surface area contributed by atoms with E-state index in [0.717, 1.165) is 30.3 Å². The summed E-state index contributed by atoms with van der Waals surface area (Å²) in [5, 5.41) is 17.8. The number of likely N-dealkylation sites (tertiary alicyclic amines) is 1. The van der Waals surface area contributed by atoms with Gasteiger partial charge in [0.25, 0.3) is 0 Å². The number of amides is 2. The molecule has 4 aliphatic heterocycles. The first-order chi connectivity index (χ1) is 18.5. The van der Waals surface area contributed by atoms with Crippen LogP contribution >= 0.6 is 11.8 Å². The topological polar surface area (TPSA) is 118 Å². The zero-order valence-electron chi connectivity index (χ0n) is 21.0. The Kier molecular flexibility index (Phi) is 6.73. The van der Waals surface area contributed by atoms with E-state index in [-0.39, 0.29) is 42.9 Å². The SMILES string of the molecule is O=C1OCCCC/C=C\[C@@H]2S[C@]34C=CCN(Cn5nnc6ccccc65)C(=O)C3N(CCCO)C(=O)[C@@H]4[C@H]12. The molecule has 2 saturated heterocycles. The van der Waals surface area contributed by atoms with E-state index in [9.17, 15) is 19.5 Å². The number of rotatable bonds is 5. The Morgan fingerprint density at radius 3 is 2.87 bits per heavy atom. The van der Waals surface area contributed by atoms with E-state index < -0.39 is 22.6 Å². The summed E-state index contributed by atoms with van der Waals surface area (Å²) in [6, 6.07) is 6.76. The zero-order valence-corrected chi connectivity index (χ0v) is 21.8. The lowest BCUT2D eigenvalue weighted by molar-refractivity contribution is -0.153. The number of nitrogens with zero attached hydrogens (tertiary/aromatic N) is 5. The van der Waals surface area contributed by atoms with Gasteiger partial charge in [0.2, 0.25) is 11.8 Å². The fourth-order valence-electron chi connectivity index (χ4n) is 6.25. The predicted octanol–water partition coefficient (Wildman–Crippen LogP) is 1.75. The molecule has 4 aliphatic rings. The normalized spacial score (nSPS) is 32.1. The van der Waals surface area contributed by atoms with Crippen LogP contribution < -0.4 is 0 Å². The number of carbonyl (C=O) groups excluding carboxylic acids is 3. The number of carbonyl (C=O) groups is 3. The smallest absolute Gasteiger partial charge is 0.311 e. The molecule has 0 saturated carbocycles. The van der Waals surface area contributed by atoms with Crippen molar-refractivity contribution in [1.29, 1.82) is 0 Å². The number of fused-ring (bicyclic) bond motifs is 3. The van der Waals surface area contributed by atoms with Crippen LogP contribution in [-0.4, -0.2) is 90.0 Å². The second-order valence-electron chi connectivity index (χ2n) is 10.2. The third kappa shape index (κ3) is 4.03. The standard InChI is InChI=1S/C27H31N5O5S/c33-15-8-14-31-23-25(35)30(17-32-19-10-5-4-9-18(19)28-29-32)13-7-12-27(23)22(24(31)34)21-20(38-27)11-3-1-2-6-16-37-26(21)36/h3-5,7,9-12,20-23,33H,1-2,6,8,13-17H2/b11-3-/t20-,21+,22-,23?,27-/m0/s1. The summed E-state index contributed by atoms with van der Waals surface area (Å²) in [5.74, 6) is -2.19. The molecular formula is C27H31N5O5S. The molecule has 5 heterocycles. The van der Waals surface area contributed by atoms with Crippen molar-refractivity contribution in [1.82, 2.24) is 24.8 Å². The van der Waals surface area contributed by atoms with Crippen molar-refractivity contribution < 1.29 is 24.2 Å². The van der Waals surface area contributed by atoms with Gasteiger partial charge in [-0.1, -0.05) is 41.7 Å². The molecule has 200 valence electrons. The minimum Gasteiger partial charge on any atom is -0.465 e. The van der Waals surface area contributed by atoms with Crippen molar-refractivity contribution >= 4 is 40.6 Å². The largest absolute Gasteiger partial charge is 0.465 e. The van der Waals surface area contributed by atoms with Crippen LogP contribution in [0.4, 0.5) is 0 Å². The Morgan fingerprint density at radius 1 is 1.13 bits per heavy atom. The Hall–Kier alpha value is -3.18. The number of para-hydroxylation sites is 1. The van der Waals surface area contributed by atoms with Gasteiger partial charge in [-0.2, -0.15) is 0 Å². The molecule has 6 rings (SSSR count). The quantitative estimate of drug-likeness (QED) is 0.453. The third-order valence-electron chi connectivity index (χ3n) is 7.97. The van der Waals surface area contributed by atoms with Gasteiger partial charge in [0, 0.05) is 24.9 Å². The number of allylic oxidation sites excluding steroid dienone is 1. The molecule has 2 aromatic rings. The molecule has 2 fully saturated rings. The summed E-state index contributed by atoms with van der Waals surface area (Å²) < 4.78 is 6.42. The Bertz CT molecular complexity index is 1310. The summed E-state index contributed by atoms with van der Waals surface area (Å²) in [7, 11) is 0. The highest BCUT2D eigenvalue weighted by Crippen LogP contribution is 2.60. The Labute approximate surface area is 224 Å². The van der Waals surface area contributed by atoms with Gasteiger partial charge in [0.05, 0.1) is 28.7 Å². The molecule has 0 radical (unpaired) electrons. The van der Waals surface area contributed by atoms with E-state index in [1.807, 2.05) is 42.5 Å². The number of hydrogen-bond acceptors (Lipinski definition) is 8. The van der Waals surface area contributed by atoms with Gasteiger partial charge >= 0.3 is 5.97 Å². The highest BCUT2D eigenvalue weighted by Gasteiger charge is 2.70. The van der Waals surface area contributed by atoms with Gasteiger partial charge in [-0.15, -0.1) is 16.9 Å². The molecule has 1 aromatic carbocycles. The number of aliphatic hydroxyl groups is 1. The van der Waals surface area contributed by atoms with E-state index in [2.05, 4.69) is 16.4 Å². The maximum absolute atomic E-state index is 14.3. The van der Waals surface area contributed by atoms with E-state index in [1.165, 1.54) is 11.8 Å². The number of thioether (sulfide) groups is 1. The maximum atomic E-state index is 14.3. The molecule has 0 aliphatic carbocycles. The van der Waals surface area contributed by atoms with E-state index >= 15 is 0 Å². The van der Waals surface area contributed by atoms with Crippen LogP contribution in [0.3, 0.4) is 0 Å². The molecule has 1 aromatic heterocycles. The van der Waals surface area contributed by atoms with Crippen LogP contribution in [-0.2, 0) is 25.8 Å². The average Bonchev–Trinajstić information content (AvgIpc) is 3.51. The lowest BCUT2D eigenvalue weighted by atomic mass is 9.78. The van der Waals surface area contributed by atoms with Gasteiger partial charge in [0.15, 0.2) is 0 Å². The Morgan fingerprint density at radius 2 is 2.00 bits per heavy atom. The number of aromatic nitrogens is 3. The second kappa shape index (κ2) is 10.2. The highest BCUT2D eigenvalue weighted by atomic mass is 32.2. The first-order valence-electron chi connectivity index (χ1n) is 13.2. The van der Waals surface area contributed by atoms with Crippen molar-refractivity contribution in [3.63, 3.8) is 0 Å². The number of hydrogen-bond donors (Lipinski definition) is 1. The number of aliphatic hydroxyl groups excluding tert-OH is 1. The second-order valence-corrected chi connectivity index (χ2v) is 11.7. The molecule has 11 heteroatoms. The van der Waals surface area contributed by atoms with Gasteiger partial charge < -0.3 is 19.6 Å². The molecule has 10 nitrogen and oxygen atoms in total. The molecule has 2 amide bonds. The van der Waals surface area contributed by atoms with Crippen LogP contribution in [0.15, 0.2) is 48.6 Å². The first-order valence-corrected chi connectivity index (χ1v) is 14.1. The Balaban J connectivity index is 1.39. The summed E-state index contributed by atoms with van der Waals surface area (Å²) >= 11 is 1.53. The van der Waals surface area contributed by atoms with Crippen LogP contribution in [0.1, 0.15) is 25.7 Å². The van der Waals surface area contributed by atoms with Gasteiger partial charge in [-0.3, -0.25) is 14.4 Å². The van der Waals surface area contributed by atoms with Gasteiger partial charge in [-0.05, 0) is 37.8 Å². The minimum absolute atomic E-state index is 0.100. The van der Waals surface area contributed by atoms with Crippen molar-refractivity contribution in [2.24, 2.45) is 11.8 Å². The van der Waals surface area contributed by atoms with Crippen molar-refractivity contribution in [2.75, 3.05) is 26.3 Å². The number of esters is 1. The summed E-state index contributed by atoms with van der Waals surface area (Å²) in [4.78, 5) is 44.9. The van der Waals surface area contributed by atoms with E-state index in [0.29, 0.717) is 19.6 Å². The van der Waals surface area contributed by atoms with Gasteiger partial charge in [0.1, 0.15) is 18.2 Å². The minimum atomic E-state index is -0.907. The molecule has 1 N–H and O–H groups in total. The zero-order chi connectivity index (χ0) is 26.3. The van der Waals surface area contributed by atoms with Crippen LogP contribution in [0.2, 0.25) is 0 Å². The fourth-order valence-corrected chi connectivity index (χ4v) is 8.26. The summed E-state index contributed by atoms with van der Waals surface area (Å²) in [5.41, 5.74) is 1.55. The molecular weight excluding hydrogens is 506 g/mol. The molecule has 1 unspecified atom stereocenters. The number of ether oxygens (including phenoxy) is 1. The number of benzene rings is 1. The molecule has 0 bridgehead atoms. The first kappa shape index (κ1) is 25.1. The predicted molar refractivity (Wildman–Crippen MR) is 141 cm³/mol. The van der Waals surface area contributed by atoms with Gasteiger partial charge in [-0.25, -0.2) is 4.68 Å². The van der Waals surface area contributed by atoms with Crippen LogP contribution in [0.5, 0.6) is 0 Å². The van der Waals surface area contributed by atoms with Crippen LogP contribution in [0.25, 0.3) is 11.0 Å². The lowest BCUT2D eigenvalue weighted by Gasteiger charge is -2.35. The van der Waals surface area contributed by atoms with Crippen molar-refractivity contribution in [3.8, 4) is 0 Å². The van der Waals surface area contributed by atoms with Crippen molar-refractivity contribution in [2.45, 2.75) is 48.4 Å². The third-order valence-corrected chi connectivity index (χ3v) is 9.71. The average molecular weight is 538 g/mol. The van der Waals surface area contributed by atoms with E-state index in [1.54, 1.807) is 14.5 Å². The lowest BCUT2D eigenvalue weighted by Crippen LogP contribution is -2.53. The molecule has 38 heavy (non-hydrogen) atoms.